The van der Waals surface area contributed by atoms with Crippen LogP contribution in [0.25, 0.3) is 0 Å². The zero-order chi connectivity index (χ0) is 13.4. The summed E-state index contributed by atoms with van der Waals surface area (Å²) in [6.07, 6.45) is -4.85. The van der Waals surface area contributed by atoms with E-state index < -0.39 is 40.8 Å². The Balaban J connectivity index is 3.34. The Bertz CT molecular complexity index is 458. The molecule has 0 saturated heterocycles. The monoisotopic (exact) mass is 251 g/mol. The molecule has 0 aliphatic heterocycles. The van der Waals surface area contributed by atoms with E-state index in [1.165, 1.54) is 0 Å². The maximum Gasteiger partial charge on any atom is 0.420 e. The molecular formula is C9H8F3NO4. The zero-order valence-electron chi connectivity index (χ0n) is 8.19. The van der Waals surface area contributed by atoms with E-state index in [1.54, 1.807) is 0 Å². The van der Waals surface area contributed by atoms with E-state index in [4.69, 9.17) is 15.9 Å². The van der Waals surface area contributed by atoms with Gasteiger partial charge in [-0.1, -0.05) is 6.07 Å². The van der Waals surface area contributed by atoms with Crippen LogP contribution in [0.1, 0.15) is 17.2 Å². The molecule has 0 spiro atoms. The molecule has 0 amide bonds. The first-order chi connectivity index (χ1) is 7.66. The van der Waals surface area contributed by atoms with Crippen molar-refractivity contribution >= 4 is 5.97 Å². The Morgan fingerprint density at radius 3 is 2.18 bits per heavy atom. The predicted molar refractivity (Wildman–Crippen MR) is 49.3 cm³/mol. The summed E-state index contributed by atoms with van der Waals surface area (Å²) >= 11 is 0. The van der Waals surface area contributed by atoms with Crippen molar-refractivity contribution in [3.8, 4) is 11.5 Å². The number of benzene rings is 1. The summed E-state index contributed by atoms with van der Waals surface area (Å²) in [5, 5.41) is 26.9. The molecule has 5 N–H and O–H groups in total. The Hall–Kier alpha value is -1.96. The van der Waals surface area contributed by atoms with Gasteiger partial charge in [-0.15, -0.1) is 0 Å². The maximum absolute atomic E-state index is 12.3. The van der Waals surface area contributed by atoms with Crippen LogP contribution in [0.15, 0.2) is 12.1 Å². The summed E-state index contributed by atoms with van der Waals surface area (Å²) < 4.78 is 36.9. The van der Waals surface area contributed by atoms with Crippen molar-refractivity contribution < 1.29 is 33.3 Å². The third-order valence-electron chi connectivity index (χ3n) is 2.09. The predicted octanol–water partition coefficient (Wildman–Crippen LogP) is 1.20. The molecule has 0 bridgehead atoms. The molecule has 0 fully saturated rings. The molecule has 1 unspecified atom stereocenters. The lowest BCUT2D eigenvalue weighted by Crippen LogP contribution is -2.21. The average Bonchev–Trinajstić information content (AvgIpc) is 2.19. The number of hydrogen-bond donors (Lipinski definition) is 4. The summed E-state index contributed by atoms with van der Waals surface area (Å²) in [6.45, 7) is 0. The van der Waals surface area contributed by atoms with E-state index in [0.717, 1.165) is 0 Å². The van der Waals surface area contributed by atoms with Gasteiger partial charge < -0.3 is 21.1 Å². The molecule has 94 valence electrons. The van der Waals surface area contributed by atoms with E-state index in [2.05, 4.69) is 0 Å². The van der Waals surface area contributed by atoms with Crippen molar-refractivity contribution in [1.29, 1.82) is 0 Å². The first-order valence-electron chi connectivity index (χ1n) is 4.26. The smallest absolute Gasteiger partial charge is 0.420 e. The highest BCUT2D eigenvalue weighted by molar-refractivity contribution is 5.77. The van der Waals surface area contributed by atoms with Gasteiger partial charge in [0.1, 0.15) is 11.6 Å². The molecule has 0 saturated carbocycles. The molecule has 0 aliphatic rings. The van der Waals surface area contributed by atoms with Gasteiger partial charge in [-0.25, -0.2) is 0 Å². The second-order valence-electron chi connectivity index (χ2n) is 3.21. The molecule has 0 aliphatic carbocycles. The van der Waals surface area contributed by atoms with Gasteiger partial charge in [-0.05, 0) is 6.07 Å². The van der Waals surface area contributed by atoms with Crippen LogP contribution in [0, 0.1) is 0 Å². The fourth-order valence-corrected chi connectivity index (χ4v) is 1.21. The van der Waals surface area contributed by atoms with Crippen LogP contribution >= 0.6 is 0 Å². The first kappa shape index (κ1) is 13.1. The Morgan fingerprint density at radius 1 is 1.24 bits per heavy atom. The topological polar surface area (TPSA) is 104 Å². The minimum Gasteiger partial charge on any atom is -0.504 e. The number of phenolic OH excluding ortho intramolecular Hbond substituents is 2. The molecule has 1 rings (SSSR count). The molecular weight excluding hydrogens is 243 g/mol. The number of halogens is 3. The van der Waals surface area contributed by atoms with Crippen LogP contribution in [0.5, 0.6) is 11.5 Å². The van der Waals surface area contributed by atoms with Crippen molar-refractivity contribution in [1.82, 2.24) is 0 Å². The Kier molecular flexibility index (Phi) is 3.18. The van der Waals surface area contributed by atoms with Crippen LogP contribution in [0.4, 0.5) is 13.2 Å². The lowest BCUT2D eigenvalue weighted by Gasteiger charge is -2.14. The summed E-state index contributed by atoms with van der Waals surface area (Å²) in [7, 11) is 0. The molecule has 17 heavy (non-hydrogen) atoms. The quantitative estimate of drug-likeness (QED) is 0.591. The van der Waals surface area contributed by atoms with E-state index in [9.17, 15) is 23.1 Å². The lowest BCUT2D eigenvalue weighted by molar-refractivity contribution is -0.139. The highest BCUT2D eigenvalue weighted by atomic mass is 19.4. The standard InChI is InChI=1S/C9H8F3NO4/c10-9(11,12)4-2-1-3(5(13)8(16)17)6(14)7(4)15/h1-2,5,14-15H,13H2,(H,16,17). The van der Waals surface area contributed by atoms with Crippen LogP contribution in [-0.2, 0) is 11.0 Å². The summed E-state index contributed by atoms with van der Waals surface area (Å²) in [5.74, 6) is -4.17. The average molecular weight is 251 g/mol. The van der Waals surface area contributed by atoms with Crippen LogP contribution in [0.2, 0.25) is 0 Å². The van der Waals surface area contributed by atoms with Crippen LogP contribution in [-0.4, -0.2) is 21.3 Å². The normalized spacial score (nSPS) is 13.4. The number of rotatable bonds is 2. The highest BCUT2D eigenvalue weighted by Gasteiger charge is 2.36. The Morgan fingerprint density at radius 2 is 1.76 bits per heavy atom. The zero-order valence-corrected chi connectivity index (χ0v) is 8.19. The highest BCUT2D eigenvalue weighted by Crippen LogP contribution is 2.43. The van der Waals surface area contributed by atoms with E-state index >= 15 is 0 Å². The molecule has 1 aromatic carbocycles. The minimum atomic E-state index is -4.85. The second kappa shape index (κ2) is 4.13. The van der Waals surface area contributed by atoms with Gasteiger partial charge in [-0.3, -0.25) is 4.79 Å². The number of nitrogens with two attached hydrogens (primary N) is 1. The molecule has 1 atom stereocenters. The van der Waals surface area contributed by atoms with Gasteiger partial charge in [0, 0.05) is 5.56 Å². The van der Waals surface area contributed by atoms with Crippen molar-refractivity contribution in [2.75, 3.05) is 0 Å². The van der Waals surface area contributed by atoms with Crippen LogP contribution in [0.3, 0.4) is 0 Å². The lowest BCUT2D eigenvalue weighted by atomic mass is 10.0. The fourth-order valence-electron chi connectivity index (χ4n) is 1.21. The van der Waals surface area contributed by atoms with Gasteiger partial charge in [0.15, 0.2) is 11.5 Å². The summed E-state index contributed by atoms with van der Waals surface area (Å²) in [4.78, 5) is 10.5. The van der Waals surface area contributed by atoms with Crippen molar-refractivity contribution in [2.24, 2.45) is 5.73 Å². The van der Waals surface area contributed by atoms with Gasteiger partial charge in [-0.2, -0.15) is 13.2 Å². The summed E-state index contributed by atoms with van der Waals surface area (Å²) in [5.41, 5.74) is 3.16. The molecule has 0 aromatic heterocycles. The molecule has 0 heterocycles. The number of aliphatic carboxylic acids is 1. The first-order valence-corrected chi connectivity index (χ1v) is 4.26. The number of phenols is 2. The molecule has 1 aromatic rings. The van der Waals surface area contributed by atoms with Gasteiger partial charge >= 0.3 is 12.1 Å². The van der Waals surface area contributed by atoms with Gasteiger partial charge in [0.2, 0.25) is 0 Å². The van der Waals surface area contributed by atoms with E-state index in [0.29, 0.717) is 12.1 Å². The molecule has 5 nitrogen and oxygen atoms in total. The number of carbonyl (C=O) groups is 1. The SMILES string of the molecule is NC(C(=O)O)c1ccc(C(F)(F)F)c(O)c1O. The fraction of sp³-hybridized carbons (Fsp3) is 0.222. The molecule has 8 heteroatoms. The number of hydrogen-bond acceptors (Lipinski definition) is 4. The number of carboxylic acids is 1. The third kappa shape index (κ3) is 2.41. The summed E-state index contributed by atoms with van der Waals surface area (Å²) in [6, 6.07) is -0.563. The van der Waals surface area contributed by atoms with Crippen molar-refractivity contribution in [3.63, 3.8) is 0 Å². The number of alkyl halides is 3. The van der Waals surface area contributed by atoms with Crippen molar-refractivity contribution in [2.45, 2.75) is 12.2 Å². The van der Waals surface area contributed by atoms with Gasteiger partial charge in [0.25, 0.3) is 0 Å². The largest absolute Gasteiger partial charge is 0.504 e. The third-order valence-corrected chi connectivity index (χ3v) is 2.09. The van der Waals surface area contributed by atoms with Crippen LogP contribution < -0.4 is 5.73 Å². The number of aromatic hydroxyl groups is 2. The minimum absolute atomic E-state index is 0.452. The van der Waals surface area contributed by atoms with Crippen molar-refractivity contribution in [3.05, 3.63) is 23.3 Å². The van der Waals surface area contributed by atoms with E-state index in [-0.39, 0.29) is 0 Å². The molecule has 0 radical (unpaired) electrons. The number of carboxylic acid groups (broad SMARTS) is 1. The second-order valence-corrected chi connectivity index (χ2v) is 3.21. The maximum atomic E-state index is 12.3. The Labute approximate surface area is 92.9 Å². The van der Waals surface area contributed by atoms with Gasteiger partial charge in [0.05, 0.1) is 0 Å². The van der Waals surface area contributed by atoms with E-state index in [1.807, 2.05) is 0 Å².